The Morgan fingerprint density at radius 1 is 0.933 bits per heavy atom. The fourth-order valence-electron chi connectivity index (χ4n) is 2.86. The summed E-state index contributed by atoms with van der Waals surface area (Å²) in [6.07, 6.45) is 0.550. The van der Waals surface area contributed by atoms with E-state index in [0.717, 1.165) is 15.9 Å². The van der Waals surface area contributed by atoms with Crippen LogP contribution in [-0.4, -0.2) is 27.4 Å². The first-order valence-electron chi connectivity index (χ1n) is 9.21. The van der Waals surface area contributed by atoms with E-state index < -0.39 is 28.3 Å². The van der Waals surface area contributed by atoms with Crippen molar-refractivity contribution in [2.45, 2.75) is 11.3 Å². The van der Waals surface area contributed by atoms with Crippen LogP contribution in [0.5, 0.6) is 0 Å². The number of nitrogens with one attached hydrogen (secondary N) is 1. The summed E-state index contributed by atoms with van der Waals surface area (Å²) in [5.74, 6) is -1.27. The summed E-state index contributed by atoms with van der Waals surface area (Å²) in [5.41, 5.74) is 0.789. The van der Waals surface area contributed by atoms with Gasteiger partial charge in [0.25, 0.3) is 10.0 Å². The van der Waals surface area contributed by atoms with E-state index in [0.29, 0.717) is 18.0 Å². The maximum absolute atomic E-state index is 14.4. The van der Waals surface area contributed by atoms with Crippen molar-refractivity contribution in [3.8, 4) is 0 Å². The van der Waals surface area contributed by atoms with Crippen LogP contribution in [0.1, 0.15) is 5.56 Å². The maximum atomic E-state index is 14.4. The first kappa shape index (κ1) is 21.8. The maximum Gasteiger partial charge on any atom is 0.264 e. The number of anilines is 1. The lowest BCUT2D eigenvalue weighted by Gasteiger charge is -2.24. The van der Waals surface area contributed by atoms with E-state index in [-0.39, 0.29) is 10.6 Å². The summed E-state index contributed by atoms with van der Waals surface area (Å²) in [6, 6.07) is 20.3. The number of carbonyl (C=O) groups is 1. The van der Waals surface area contributed by atoms with Gasteiger partial charge >= 0.3 is 0 Å². The highest BCUT2D eigenvalue weighted by Gasteiger charge is 2.28. The van der Waals surface area contributed by atoms with Crippen molar-refractivity contribution in [1.82, 2.24) is 5.32 Å². The minimum atomic E-state index is -4.14. The molecule has 3 aromatic carbocycles. The predicted molar refractivity (Wildman–Crippen MR) is 116 cm³/mol. The summed E-state index contributed by atoms with van der Waals surface area (Å²) < 4.78 is 41.4. The third-order valence-electron chi connectivity index (χ3n) is 4.39. The second-order valence-corrected chi connectivity index (χ2v) is 8.80. The van der Waals surface area contributed by atoms with E-state index in [1.165, 1.54) is 30.3 Å². The zero-order valence-electron chi connectivity index (χ0n) is 16.0. The van der Waals surface area contributed by atoms with Gasteiger partial charge in [-0.15, -0.1) is 0 Å². The Kier molecular flexibility index (Phi) is 7.07. The number of nitrogens with zero attached hydrogens (tertiary/aromatic N) is 1. The summed E-state index contributed by atoms with van der Waals surface area (Å²) >= 11 is 5.85. The van der Waals surface area contributed by atoms with E-state index in [1.807, 2.05) is 12.1 Å². The molecule has 0 aliphatic rings. The fraction of sp³-hybridized carbons (Fsp3) is 0.136. The molecule has 0 bridgehead atoms. The van der Waals surface area contributed by atoms with Gasteiger partial charge in [-0.3, -0.25) is 9.10 Å². The first-order chi connectivity index (χ1) is 14.4. The molecule has 0 spiro atoms. The largest absolute Gasteiger partial charge is 0.354 e. The van der Waals surface area contributed by atoms with Crippen molar-refractivity contribution in [2.75, 3.05) is 17.4 Å². The zero-order valence-corrected chi connectivity index (χ0v) is 17.5. The highest BCUT2D eigenvalue weighted by Crippen LogP contribution is 2.25. The fourth-order valence-corrected chi connectivity index (χ4v) is 4.43. The van der Waals surface area contributed by atoms with Gasteiger partial charge in [0.2, 0.25) is 5.91 Å². The number of hydrogen-bond donors (Lipinski definition) is 1. The third kappa shape index (κ3) is 5.37. The van der Waals surface area contributed by atoms with Crippen LogP contribution in [-0.2, 0) is 21.2 Å². The van der Waals surface area contributed by atoms with Gasteiger partial charge in [0, 0.05) is 11.6 Å². The SMILES string of the molecule is O=C(CN(c1ccccc1F)S(=O)(=O)c1ccccc1)NCCc1ccc(Cl)cc1. The van der Waals surface area contributed by atoms with Crippen LogP contribution in [0, 0.1) is 5.82 Å². The quantitative estimate of drug-likeness (QED) is 0.568. The van der Waals surface area contributed by atoms with Gasteiger partial charge in [0.15, 0.2) is 0 Å². The number of benzene rings is 3. The minimum Gasteiger partial charge on any atom is -0.354 e. The Balaban J connectivity index is 1.76. The highest BCUT2D eigenvalue weighted by atomic mass is 35.5. The molecule has 1 N–H and O–H groups in total. The van der Waals surface area contributed by atoms with Crippen molar-refractivity contribution < 1.29 is 17.6 Å². The molecule has 0 atom stereocenters. The van der Waals surface area contributed by atoms with Crippen LogP contribution >= 0.6 is 11.6 Å². The van der Waals surface area contributed by atoms with Crippen molar-refractivity contribution in [2.24, 2.45) is 0 Å². The van der Waals surface area contributed by atoms with Crippen molar-refractivity contribution in [3.05, 3.63) is 95.3 Å². The standard InChI is InChI=1S/C22H20ClFN2O3S/c23-18-12-10-17(11-13-18)14-15-25-22(27)16-26(21-9-5-4-8-20(21)24)30(28,29)19-6-2-1-3-7-19/h1-13H,14-16H2,(H,25,27). The molecule has 0 aliphatic carbocycles. The lowest BCUT2D eigenvalue weighted by Crippen LogP contribution is -2.41. The number of para-hydroxylation sites is 1. The number of halogens is 2. The van der Waals surface area contributed by atoms with E-state index in [9.17, 15) is 17.6 Å². The van der Waals surface area contributed by atoms with Crippen LogP contribution in [0.15, 0.2) is 83.8 Å². The van der Waals surface area contributed by atoms with E-state index in [1.54, 1.807) is 30.3 Å². The Hall–Kier alpha value is -2.90. The molecule has 5 nitrogen and oxygen atoms in total. The van der Waals surface area contributed by atoms with Gasteiger partial charge in [-0.25, -0.2) is 12.8 Å². The van der Waals surface area contributed by atoms with Crippen molar-refractivity contribution in [1.29, 1.82) is 0 Å². The summed E-state index contributed by atoms with van der Waals surface area (Å²) in [6.45, 7) is -0.240. The molecule has 1 amide bonds. The third-order valence-corrected chi connectivity index (χ3v) is 6.41. The second kappa shape index (κ2) is 9.73. The van der Waals surface area contributed by atoms with Gasteiger partial charge in [-0.2, -0.15) is 0 Å². The number of hydrogen-bond acceptors (Lipinski definition) is 3. The van der Waals surface area contributed by atoms with Crippen LogP contribution in [0.25, 0.3) is 0 Å². The molecular formula is C22H20ClFN2O3S. The van der Waals surface area contributed by atoms with Gasteiger partial charge < -0.3 is 5.32 Å². The highest BCUT2D eigenvalue weighted by molar-refractivity contribution is 7.92. The van der Waals surface area contributed by atoms with Crippen LogP contribution in [0.4, 0.5) is 10.1 Å². The molecule has 30 heavy (non-hydrogen) atoms. The average molecular weight is 447 g/mol. The smallest absolute Gasteiger partial charge is 0.264 e. The summed E-state index contributed by atoms with van der Waals surface area (Å²) in [7, 11) is -4.14. The van der Waals surface area contributed by atoms with E-state index in [4.69, 9.17) is 11.6 Å². The molecule has 0 aromatic heterocycles. The number of rotatable bonds is 8. The number of carbonyl (C=O) groups excluding carboxylic acids is 1. The molecule has 0 radical (unpaired) electrons. The zero-order chi connectivity index (χ0) is 21.6. The summed E-state index contributed by atoms with van der Waals surface area (Å²) in [5, 5.41) is 3.31. The van der Waals surface area contributed by atoms with Crippen LogP contribution < -0.4 is 9.62 Å². The Bertz CT molecular complexity index is 1110. The molecule has 0 saturated carbocycles. The monoisotopic (exact) mass is 446 g/mol. The van der Waals surface area contributed by atoms with Gasteiger partial charge in [0.1, 0.15) is 12.4 Å². The molecule has 3 rings (SSSR count). The van der Waals surface area contributed by atoms with Crippen molar-refractivity contribution >= 4 is 33.2 Å². The first-order valence-corrected chi connectivity index (χ1v) is 11.0. The molecule has 0 aliphatic heterocycles. The topological polar surface area (TPSA) is 66.5 Å². The molecule has 0 saturated heterocycles. The molecule has 156 valence electrons. The van der Waals surface area contributed by atoms with Crippen molar-refractivity contribution in [3.63, 3.8) is 0 Å². The lowest BCUT2D eigenvalue weighted by molar-refractivity contribution is -0.119. The van der Waals surface area contributed by atoms with Crippen LogP contribution in [0.2, 0.25) is 5.02 Å². The number of amides is 1. The second-order valence-electron chi connectivity index (χ2n) is 6.50. The summed E-state index contributed by atoms with van der Waals surface area (Å²) in [4.78, 5) is 12.5. The molecule has 8 heteroatoms. The van der Waals surface area contributed by atoms with Crippen LogP contribution in [0.3, 0.4) is 0 Å². The van der Waals surface area contributed by atoms with Gasteiger partial charge in [0.05, 0.1) is 10.6 Å². The van der Waals surface area contributed by atoms with E-state index in [2.05, 4.69) is 5.32 Å². The number of sulfonamides is 1. The molecule has 0 unspecified atom stereocenters. The predicted octanol–water partition coefficient (Wildman–Crippen LogP) is 4.03. The minimum absolute atomic E-state index is 0.0257. The van der Waals surface area contributed by atoms with Gasteiger partial charge in [-0.05, 0) is 48.4 Å². The Labute approximate surface area is 180 Å². The molecule has 0 heterocycles. The lowest BCUT2D eigenvalue weighted by atomic mass is 10.1. The molecule has 0 fully saturated rings. The Morgan fingerprint density at radius 2 is 1.57 bits per heavy atom. The average Bonchev–Trinajstić information content (AvgIpc) is 2.75. The van der Waals surface area contributed by atoms with E-state index >= 15 is 0 Å². The molecule has 3 aromatic rings. The normalized spacial score (nSPS) is 11.1. The molecular weight excluding hydrogens is 427 g/mol. The Morgan fingerprint density at radius 3 is 2.23 bits per heavy atom. The van der Waals surface area contributed by atoms with Gasteiger partial charge in [-0.1, -0.05) is 54.1 Å².